The number of carbonyl (C=O) groups excluding carboxylic acids is 2. The van der Waals surface area contributed by atoms with Crippen molar-refractivity contribution >= 4 is 21.7 Å². The number of primary amides is 1. The van der Waals surface area contributed by atoms with Gasteiger partial charge in [0.25, 0.3) is 0 Å². The lowest BCUT2D eigenvalue weighted by molar-refractivity contribution is -0.140. The molecule has 0 aromatic heterocycles. The molecule has 2 rings (SSSR count). The molecule has 7 nitrogen and oxygen atoms in total. The third-order valence-corrected chi connectivity index (χ3v) is 5.38. The number of carbonyl (C=O) groups is 2. The highest BCUT2D eigenvalue weighted by Crippen LogP contribution is 2.14. The summed E-state index contributed by atoms with van der Waals surface area (Å²) in [5, 5.41) is 2.96. The molecule has 1 aromatic rings. The Bertz CT molecular complexity index is 690. The van der Waals surface area contributed by atoms with Gasteiger partial charge < -0.3 is 16.0 Å². The maximum Gasteiger partial charge on any atom is 0.241 e. The van der Waals surface area contributed by atoms with Crippen molar-refractivity contribution in [3.05, 3.63) is 30.1 Å². The lowest BCUT2D eigenvalue weighted by Gasteiger charge is -2.34. The van der Waals surface area contributed by atoms with Crippen LogP contribution < -0.4 is 11.1 Å². The molecule has 126 valence electrons. The van der Waals surface area contributed by atoms with Gasteiger partial charge in [0.15, 0.2) is 9.84 Å². The van der Waals surface area contributed by atoms with Gasteiger partial charge in [-0.2, -0.15) is 0 Å². The second-order valence-electron chi connectivity index (χ2n) is 5.23. The van der Waals surface area contributed by atoms with Crippen LogP contribution in [-0.4, -0.2) is 56.6 Å². The maximum atomic E-state index is 12.8. The average molecular weight is 343 g/mol. The summed E-state index contributed by atoms with van der Waals surface area (Å²) in [6, 6.07) is 3.64. The summed E-state index contributed by atoms with van der Waals surface area (Å²) in [5.41, 5.74) is 5.26. The van der Waals surface area contributed by atoms with Crippen LogP contribution in [0.25, 0.3) is 0 Å². The van der Waals surface area contributed by atoms with Gasteiger partial charge in [0.05, 0.1) is 10.6 Å². The number of nitrogens with zero attached hydrogens (tertiary/aromatic N) is 1. The van der Waals surface area contributed by atoms with Crippen molar-refractivity contribution in [1.29, 1.82) is 0 Å². The molecule has 0 spiro atoms. The van der Waals surface area contributed by atoms with E-state index in [1.807, 2.05) is 0 Å². The number of nitrogens with one attached hydrogen (secondary N) is 1. The number of piperazine rings is 1. The maximum absolute atomic E-state index is 12.8. The van der Waals surface area contributed by atoms with E-state index in [-0.39, 0.29) is 17.9 Å². The van der Waals surface area contributed by atoms with E-state index in [0.29, 0.717) is 13.1 Å². The minimum Gasteiger partial charge on any atom is -0.368 e. The molecule has 1 aromatic carbocycles. The quantitative estimate of drug-likeness (QED) is 0.686. The lowest BCUT2D eigenvalue weighted by Crippen LogP contribution is -2.58. The first kappa shape index (κ1) is 17.4. The number of sulfone groups is 1. The Kier molecular flexibility index (Phi) is 5.32. The summed E-state index contributed by atoms with van der Waals surface area (Å²) in [5.74, 6) is -2.02. The predicted octanol–water partition coefficient (Wildman–Crippen LogP) is -0.725. The normalized spacial score (nSPS) is 18.7. The Labute approximate surface area is 133 Å². The molecule has 0 radical (unpaired) electrons. The molecule has 1 aliphatic rings. The second-order valence-corrected chi connectivity index (χ2v) is 7.34. The Morgan fingerprint density at radius 1 is 1.30 bits per heavy atom. The van der Waals surface area contributed by atoms with Crippen LogP contribution in [-0.2, 0) is 19.4 Å². The minimum absolute atomic E-state index is 0.0431. The summed E-state index contributed by atoms with van der Waals surface area (Å²) < 4.78 is 37.1. The van der Waals surface area contributed by atoms with Gasteiger partial charge in [-0.25, -0.2) is 12.8 Å². The standard InChI is InChI=1S/C14H18FN3O4S/c15-10-1-3-11(4-2-10)23(21,22)8-5-13(19)18-7-6-17-9-12(18)14(16)20/h1-4,12,17H,5-9H2,(H2,16,20)/t12-/m1/s1. The van der Waals surface area contributed by atoms with E-state index in [1.54, 1.807) is 0 Å². The van der Waals surface area contributed by atoms with Gasteiger partial charge in [-0.3, -0.25) is 9.59 Å². The molecule has 1 fully saturated rings. The SMILES string of the molecule is NC(=O)[C@H]1CNCCN1C(=O)CCS(=O)(=O)c1ccc(F)cc1. The smallest absolute Gasteiger partial charge is 0.241 e. The first-order valence-corrected chi connectivity index (χ1v) is 8.74. The van der Waals surface area contributed by atoms with Gasteiger partial charge in [0.2, 0.25) is 11.8 Å². The molecule has 3 N–H and O–H groups in total. The minimum atomic E-state index is -3.69. The Morgan fingerprint density at radius 2 is 1.96 bits per heavy atom. The fourth-order valence-electron chi connectivity index (χ4n) is 2.38. The van der Waals surface area contributed by atoms with Crippen LogP contribution >= 0.6 is 0 Å². The summed E-state index contributed by atoms with van der Waals surface area (Å²) in [7, 11) is -3.69. The van der Waals surface area contributed by atoms with E-state index in [4.69, 9.17) is 5.73 Å². The van der Waals surface area contributed by atoms with E-state index in [2.05, 4.69) is 5.32 Å². The van der Waals surface area contributed by atoms with Crippen LogP contribution in [0.15, 0.2) is 29.2 Å². The highest BCUT2D eigenvalue weighted by atomic mass is 32.2. The third kappa shape index (κ3) is 4.26. The second kappa shape index (κ2) is 7.05. The number of halogens is 1. The van der Waals surface area contributed by atoms with Gasteiger partial charge in [-0.1, -0.05) is 0 Å². The van der Waals surface area contributed by atoms with E-state index < -0.39 is 39.3 Å². The zero-order valence-corrected chi connectivity index (χ0v) is 13.2. The van der Waals surface area contributed by atoms with Crippen LogP contribution in [0, 0.1) is 5.82 Å². The summed E-state index contributed by atoms with van der Waals surface area (Å²) >= 11 is 0. The topological polar surface area (TPSA) is 110 Å². The number of benzene rings is 1. The van der Waals surface area contributed by atoms with Gasteiger partial charge in [-0.15, -0.1) is 0 Å². The lowest BCUT2D eigenvalue weighted by atomic mass is 10.1. The molecule has 1 saturated heterocycles. The zero-order chi connectivity index (χ0) is 17.0. The fraction of sp³-hybridized carbons (Fsp3) is 0.429. The Hall–Kier alpha value is -2.00. The molecule has 0 bridgehead atoms. The Balaban J connectivity index is 2.02. The first-order chi connectivity index (χ1) is 10.8. The number of rotatable bonds is 5. The highest BCUT2D eigenvalue weighted by molar-refractivity contribution is 7.91. The third-order valence-electron chi connectivity index (χ3n) is 3.65. The molecular weight excluding hydrogens is 325 g/mol. The van der Waals surface area contributed by atoms with Crippen LogP contribution in [0.2, 0.25) is 0 Å². The van der Waals surface area contributed by atoms with Crippen LogP contribution in [0.3, 0.4) is 0 Å². The van der Waals surface area contributed by atoms with Crippen molar-refractivity contribution in [2.45, 2.75) is 17.4 Å². The summed E-state index contributed by atoms with van der Waals surface area (Å²) in [6.07, 6.45) is -0.260. The molecule has 0 saturated carbocycles. The van der Waals surface area contributed by atoms with Crippen LogP contribution in [0.4, 0.5) is 4.39 Å². The molecule has 1 heterocycles. The number of nitrogens with two attached hydrogens (primary N) is 1. The summed E-state index contributed by atoms with van der Waals surface area (Å²) in [4.78, 5) is 24.8. The van der Waals surface area contributed by atoms with Crippen molar-refractivity contribution in [1.82, 2.24) is 10.2 Å². The largest absolute Gasteiger partial charge is 0.368 e. The highest BCUT2D eigenvalue weighted by Gasteiger charge is 2.31. The van der Waals surface area contributed by atoms with Crippen LogP contribution in [0.1, 0.15) is 6.42 Å². The Morgan fingerprint density at radius 3 is 2.57 bits per heavy atom. The van der Waals surface area contributed by atoms with E-state index in [0.717, 1.165) is 24.3 Å². The van der Waals surface area contributed by atoms with E-state index in [1.165, 1.54) is 4.90 Å². The van der Waals surface area contributed by atoms with Crippen molar-refractivity contribution in [3.63, 3.8) is 0 Å². The number of hydrogen-bond acceptors (Lipinski definition) is 5. The zero-order valence-electron chi connectivity index (χ0n) is 12.4. The monoisotopic (exact) mass is 343 g/mol. The number of hydrogen-bond donors (Lipinski definition) is 2. The molecule has 1 aliphatic heterocycles. The van der Waals surface area contributed by atoms with Gasteiger partial charge in [0.1, 0.15) is 11.9 Å². The van der Waals surface area contributed by atoms with Crippen molar-refractivity contribution < 1.29 is 22.4 Å². The van der Waals surface area contributed by atoms with Gasteiger partial charge in [-0.05, 0) is 24.3 Å². The summed E-state index contributed by atoms with van der Waals surface area (Å²) in [6.45, 7) is 1.06. The van der Waals surface area contributed by atoms with Crippen molar-refractivity contribution in [2.24, 2.45) is 5.73 Å². The fourth-order valence-corrected chi connectivity index (χ4v) is 3.61. The van der Waals surface area contributed by atoms with Crippen molar-refractivity contribution in [3.8, 4) is 0 Å². The molecule has 1 atom stereocenters. The van der Waals surface area contributed by atoms with Crippen LogP contribution in [0.5, 0.6) is 0 Å². The average Bonchev–Trinajstić information content (AvgIpc) is 2.53. The molecule has 0 unspecified atom stereocenters. The molecule has 23 heavy (non-hydrogen) atoms. The van der Waals surface area contributed by atoms with Crippen molar-refractivity contribution in [2.75, 3.05) is 25.4 Å². The molecule has 9 heteroatoms. The number of amides is 2. The van der Waals surface area contributed by atoms with Gasteiger partial charge >= 0.3 is 0 Å². The molecule has 0 aliphatic carbocycles. The van der Waals surface area contributed by atoms with E-state index >= 15 is 0 Å². The first-order valence-electron chi connectivity index (χ1n) is 7.09. The van der Waals surface area contributed by atoms with Gasteiger partial charge in [0, 0.05) is 26.1 Å². The molecular formula is C14H18FN3O4S. The molecule has 2 amide bonds. The predicted molar refractivity (Wildman–Crippen MR) is 80.6 cm³/mol. The van der Waals surface area contributed by atoms with E-state index in [9.17, 15) is 22.4 Å².